The van der Waals surface area contributed by atoms with E-state index in [1.165, 1.54) is 11.3 Å². The van der Waals surface area contributed by atoms with E-state index in [1.54, 1.807) is 12.1 Å². The smallest absolute Gasteiger partial charge is 0.258 e. The summed E-state index contributed by atoms with van der Waals surface area (Å²) < 4.78 is 0. The number of thiophene rings is 1. The van der Waals surface area contributed by atoms with Crippen molar-refractivity contribution >= 4 is 57.5 Å². The molecule has 1 aromatic carbocycles. The molecule has 0 saturated heterocycles. The number of hydrogen-bond acceptors (Lipinski definition) is 3. The standard InChI is InChI=1S/C12H8Cl2N2OS/c1-16-10-3-8(14)7(13)2-9(10)15-12(17)6-4-18-5-11(6)16/h2-5H,1H3,(H,15,17). The molecule has 1 N–H and O–H groups in total. The molecule has 92 valence electrons. The number of benzene rings is 1. The van der Waals surface area contributed by atoms with Crippen LogP contribution in [0.3, 0.4) is 0 Å². The van der Waals surface area contributed by atoms with Gasteiger partial charge in [0.1, 0.15) is 0 Å². The van der Waals surface area contributed by atoms with Crippen molar-refractivity contribution in [1.82, 2.24) is 0 Å². The zero-order valence-electron chi connectivity index (χ0n) is 9.33. The summed E-state index contributed by atoms with van der Waals surface area (Å²) in [7, 11) is 1.90. The number of halogens is 2. The van der Waals surface area contributed by atoms with Gasteiger partial charge in [0.15, 0.2) is 0 Å². The van der Waals surface area contributed by atoms with Crippen molar-refractivity contribution in [2.24, 2.45) is 0 Å². The first-order valence-corrected chi connectivity index (χ1v) is 6.88. The van der Waals surface area contributed by atoms with Gasteiger partial charge in [-0.25, -0.2) is 0 Å². The second-order valence-corrected chi connectivity index (χ2v) is 5.53. The van der Waals surface area contributed by atoms with E-state index >= 15 is 0 Å². The summed E-state index contributed by atoms with van der Waals surface area (Å²) in [6, 6.07) is 3.43. The number of nitrogens with zero attached hydrogens (tertiary/aromatic N) is 1. The molecule has 0 spiro atoms. The molecular weight excluding hydrogens is 291 g/mol. The largest absolute Gasteiger partial charge is 0.342 e. The molecule has 0 saturated carbocycles. The highest BCUT2D eigenvalue weighted by molar-refractivity contribution is 7.08. The van der Waals surface area contributed by atoms with Gasteiger partial charge in [-0.1, -0.05) is 23.2 Å². The van der Waals surface area contributed by atoms with Crippen LogP contribution in [0.2, 0.25) is 10.0 Å². The molecule has 3 nitrogen and oxygen atoms in total. The number of anilines is 3. The molecule has 1 amide bonds. The van der Waals surface area contributed by atoms with E-state index in [4.69, 9.17) is 23.2 Å². The molecule has 0 radical (unpaired) electrons. The first-order valence-electron chi connectivity index (χ1n) is 5.18. The molecule has 0 fully saturated rings. The van der Waals surface area contributed by atoms with Crippen LogP contribution in [0.1, 0.15) is 10.4 Å². The Balaban J connectivity index is 2.25. The van der Waals surface area contributed by atoms with Crippen molar-refractivity contribution in [3.05, 3.63) is 38.5 Å². The number of nitrogens with one attached hydrogen (secondary N) is 1. The van der Waals surface area contributed by atoms with E-state index in [2.05, 4.69) is 5.32 Å². The fourth-order valence-corrected chi connectivity index (χ4v) is 3.12. The summed E-state index contributed by atoms with van der Waals surface area (Å²) in [6.07, 6.45) is 0. The lowest BCUT2D eigenvalue weighted by atomic mass is 10.2. The molecule has 3 rings (SSSR count). The van der Waals surface area contributed by atoms with Gasteiger partial charge < -0.3 is 10.2 Å². The molecule has 2 heterocycles. The zero-order chi connectivity index (χ0) is 12.9. The van der Waals surface area contributed by atoms with Crippen molar-refractivity contribution < 1.29 is 4.79 Å². The number of amides is 1. The fourth-order valence-electron chi connectivity index (χ4n) is 1.95. The van der Waals surface area contributed by atoms with Gasteiger partial charge in [0.25, 0.3) is 5.91 Å². The van der Waals surface area contributed by atoms with E-state index < -0.39 is 0 Å². The van der Waals surface area contributed by atoms with Crippen molar-refractivity contribution in [2.75, 3.05) is 17.3 Å². The van der Waals surface area contributed by atoms with Crippen LogP contribution in [0.4, 0.5) is 17.1 Å². The third kappa shape index (κ3) is 1.68. The van der Waals surface area contributed by atoms with Gasteiger partial charge in [-0.15, -0.1) is 11.3 Å². The minimum atomic E-state index is -0.129. The molecular formula is C12H8Cl2N2OS. The summed E-state index contributed by atoms with van der Waals surface area (Å²) in [5.41, 5.74) is 3.02. The van der Waals surface area contributed by atoms with Gasteiger partial charge in [-0.3, -0.25) is 4.79 Å². The Morgan fingerprint density at radius 3 is 2.67 bits per heavy atom. The predicted octanol–water partition coefficient (Wildman–Crippen LogP) is 4.39. The van der Waals surface area contributed by atoms with Crippen LogP contribution in [0.15, 0.2) is 22.9 Å². The molecule has 0 atom stereocenters. The van der Waals surface area contributed by atoms with Crippen LogP contribution in [-0.2, 0) is 0 Å². The number of carbonyl (C=O) groups is 1. The lowest BCUT2D eigenvalue weighted by molar-refractivity contribution is 0.102. The minimum Gasteiger partial charge on any atom is -0.342 e. The van der Waals surface area contributed by atoms with Crippen molar-refractivity contribution in [2.45, 2.75) is 0 Å². The SMILES string of the molecule is CN1c2cc(Cl)c(Cl)cc2NC(=O)c2cscc21. The average Bonchev–Trinajstić information content (AvgIpc) is 2.78. The third-order valence-corrected chi connectivity index (χ3v) is 4.35. The van der Waals surface area contributed by atoms with Crippen molar-refractivity contribution in [3.63, 3.8) is 0 Å². The van der Waals surface area contributed by atoms with Crippen LogP contribution in [0, 0.1) is 0 Å². The van der Waals surface area contributed by atoms with Crippen LogP contribution in [0.5, 0.6) is 0 Å². The molecule has 6 heteroatoms. The van der Waals surface area contributed by atoms with E-state index in [9.17, 15) is 4.79 Å². The highest BCUT2D eigenvalue weighted by Crippen LogP contribution is 2.41. The predicted molar refractivity (Wildman–Crippen MR) is 76.8 cm³/mol. The van der Waals surface area contributed by atoms with Crippen LogP contribution >= 0.6 is 34.5 Å². The third-order valence-electron chi connectivity index (χ3n) is 2.90. The quantitative estimate of drug-likeness (QED) is 0.782. The van der Waals surface area contributed by atoms with Crippen LogP contribution < -0.4 is 10.2 Å². The zero-order valence-corrected chi connectivity index (χ0v) is 11.7. The molecule has 0 unspecified atom stereocenters. The summed E-state index contributed by atoms with van der Waals surface area (Å²) in [5.74, 6) is -0.129. The number of hydrogen-bond donors (Lipinski definition) is 1. The maximum Gasteiger partial charge on any atom is 0.258 e. The molecule has 2 aromatic rings. The average molecular weight is 299 g/mol. The Labute approximate surface area is 118 Å². The second-order valence-electron chi connectivity index (χ2n) is 3.97. The molecule has 18 heavy (non-hydrogen) atoms. The summed E-state index contributed by atoms with van der Waals surface area (Å²) >= 11 is 13.5. The maximum atomic E-state index is 12.1. The van der Waals surface area contributed by atoms with Crippen LogP contribution in [0.25, 0.3) is 0 Å². The monoisotopic (exact) mass is 298 g/mol. The van der Waals surface area contributed by atoms with Gasteiger partial charge in [0.2, 0.25) is 0 Å². The number of fused-ring (bicyclic) bond motifs is 2. The van der Waals surface area contributed by atoms with Gasteiger partial charge in [-0.2, -0.15) is 0 Å². The van der Waals surface area contributed by atoms with Gasteiger partial charge in [0, 0.05) is 17.8 Å². The Kier molecular flexibility index (Phi) is 2.73. The Bertz CT molecular complexity index is 654. The van der Waals surface area contributed by atoms with Crippen molar-refractivity contribution in [1.29, 1.82) is 0 Å². The van der Waals surface area contributed by atoms with Gasteiger partial charge >= 0.3 is 0 Å². The molecule has 1 aliphatic rings. The summed E-state index contributed by atoms with van der Waals surface area (Å²) in [4.78, 5) is 14.0. The maximum absolute atomic E-state index is 12.1. The van der Waals surface area contributed by atoms with Gasteiger partial charge in [-0.05, 0) is 12.1 Å². The number of rotatable bonds is 0. The molecule has 1 aromatic heterocycles. The highest BCUT2D eigenvalue weighted by Gasteiger charge is 2.24. The van der Waals surface area contributed by atoms with E-state index in [0.717, 1.165) is 11.4 Å². The summed E-state index contributed by atoms with van der Waals surface area (Å²) in [5, 5.41) is 7.51. The summed E-state index contributed by atoms with van der Waals surface area (Å²) in [6.45, 7) is 0. The van der Waals surface area contributed by atoms with E-state index in [-0.39, 0.29) is 5.91 Å². The van der Waals surface area contributed by atoms with Crippen LogP contribution in [-0.4, -0.2) is 13.0 Å². The Morgan fingerprint density at radius 2 is 1.89 bits per heavy atom. The lowest BCUT2D eigenvalue weighted by Crippen LogP contribution is -2.09. The molecule has 0 bridgehead atoms. The first-order chi connectivity index (χ1) is 8.58. The number of carbonyl (C=O) groups excluding carboxylic acids is 1. The lowest BCUT2D eigenvalue weighted by Gasteiger charge is -2.19. The molecule has 1 aliphatic heterocycles. The van der Waals surface area contributed by atoms with Crippen molar-refractivity contribution in [3.8, 4) is 0 Å². The highest BCUT2D eigenvalue weighted by atomic mass is 35.5. The fraction of sp³-hybridized carbons (Fsp3) is 0.0833. The topological polar surface area (TPSA) is 32.3 Å². The van der Waals surface area contributed by atoms with E-state index in [0.29, 0.717) is 21.3 Å². The molecule has 0 aliphatic carbocycles. The Hall–Kier alpha value is -1.23. The van der Waals surface area contributed by atoms with E-state index in [1.807, 2.05) is 22.7 Å². The minimum absolute atomic E-state index is 0.129. The first kappa shape index (κ1) is 11.8. The second kappa shape index (κ2) is 4.16. The Morgan fingerprint density at radius 1 is 1.17 bits per heavy atom. The van der Waals surface area contributed by atoms with Gasteiger partial charge in [0.05, 0.1) is 32.7 Å². The normalized spacial score (nSPS) is 13.7.